The molecule has 130 valence electrons. The molecular weight excluding hydrogens is 336 g/mol. The summed E-state index contributed by atoms with van der Waals surface area (Å²) in [6.07, 6.45) is 0. The third kappa shape index (κ3) is 3.10. The van der Waals surface area contributed by atoms with E-state index in [0.29, 0.717) is 11.4 Å². The molecule has 0 aliphatic rings. The first-order valence-electron chi connectivity index (χ1n) is 7.60. The number of carboxylic acid groups (broad SMARTS) is 2. The normalized spacial score (nSPS) is 11.0. The Morgan fingerprint density at radius 1 is 0.808 bits per heavy atom. The van der Waals surface area contributed by atoms with Crippen LogP contribution in [0.5, 0.6) is 5.75 Å². The van der Waals surface area contributed by atoms with E-state index in [4.69, 9.17) is 4.74 Å². The maximum atomic E-state index is 11.4. The lowest BCUT2D eigenvalue weighted by molar-refractivity contribution is 0.0696. The van der Waals surface area contributed by atoms with Crippen LogP contribution in [0.15, 0.2) is 64.8 Å². The van der Waals surface area contributed by atoms with Crippen molar-refractivity contribution in [3.8, 4) is 5.75 Å². The third-order valence-corrected chi connectivity index (χ3v) is 3.83. The molecular formula is C19H14N2O5. The van der Waals surface area contributed by atoms with Crippen LogP contribution in [-0.2, 0) is 0 Å². The molecule has 7 heteroatoms. The van der Waals surface area contributed by atoms with Gasteiger partial charge in [0.25, 0.3) is 0 Å². The molecule has 3 aromatic carbocycles. The minimum absolute atomic E-state index is 0.201. The van der Waals surface area contributed by atoms with E-state index in [1.54, 1.807) is 25.3 Å². The summed E-state index contributed by atoms with van der Waals surface area (Å²) in [4.78, 5) is 22.8. The molecule has 3 rings (SSSR count). The molecule has 0 saturated carbocycles. The van der Waals surface area contributed by atoms with Crippen LogP contribution in [0.2, 0.25) is 0 Å². The maximum absolute atomic E-state index is 11.4. The first kappa shape index (κ1) is 17.1. The van der Waals surface area contributed by atoms with Crippen LogP contribution in [0.1, 0.15) is 20.7 Å². The van der Waals surface area contributed by atoms with E-state index in [1.165, 1.54) is 18.2 Å². The van der Waals surface area contributed by atoms with Gasteiger partial charge in [-0.1, -0.05) is 30.3 Å². The Labute approximate surface area is 148 Å². The monoisotopic (exact) mass is 350 g/mol. The van der Waals surface area contributed by atoms with E-state index >= 15 is 0 Å². The van der Waals surface area contributed by atoms with Crippen molar-refractivity contribution in [2.45, 2.75) is 0 Å². The summed E-state index contributed by atoms with van der Waals surface area (Å²) in [5.41, 5.74) is -0.191. The summed E-state index contributed by atoms with van der Waals surface area (Å²) in [7, 11) is 1.56. The third-order valence-electron chi connectivity index (χ3n) is 3.83. The molecule has 0 heterocycles. The highest BCUT2D eigenvalue weighted by molar-refractivity contribution is 6.02. The Hall–Kier alpha value is -3.74. The van der Waals surface area contributed by atoms with Crippen molar-refractivity contribution >= 4 is 34.1 Å². The van der Waals surface area contributed by atoms with Gasteiger partial charge in [0.15, 0.2) is 0 Å². The van der Waals surface area contributed by atoms with E-state index in [1.807, 2.05) is 18.2 Å². The number of ether oxygens (including phenoxy) is 1. The number of benzene rings is 3. The van der Waals surface area contributed by atoms with E-state index < -0.39 is 11.9 Å². The predicted molar refractivity (Wildman–Crippen MR) is 95.0 cm³/mol. The smallest absolute Gasteiger partial charge is 0.337 e. The van der Waals surface area contributed by atoms with E-state index in [-0.39, 0.29) is 16.8 Å². The molecule has 0 spiro atoms. The Morgan fingerprint density at radius 2 is 1.38 bits per heavy atom. The molecule has 0 unspecified atom stereocenters. The minimum Gasteiger partial charge on any atom is -0.496 e. The molecule has 0 saturated heterocycles. The average molecular weight is 350 g/mol. The Morgan fingerprint density at radius 3 is 2.00 bits per heavy atom. The first-order chi connectivity index (χ1) is 12.5. The van der Waals surface area contributed by atoms with Crippen molar-refractivity contribution in [1.29, 1.82) is 0 Å². The molecule has 0 aliphatic carbocycles. The van der Waals surface area contributed by atoms with Gasteiger partial charge in [-0.05, 0) is 24.3 Å². The molecule has 0 amide bonds. The van der Waals surface area contributed by atoms with Crippen molar-refractivity contribution in [3.63, 3.8) is 0 Å². The summed E-state index contributed by atoms with van der Waals surface area (Å²) in [6, 6.07) is 14.7. The fourth-order valence-electron chi connectivity index (χ4n) is 2.63. The number of carbonyl (C=O) groups is 2. The number of carboxylic acids is 2. The first-order valence-corrected chi connectivity index (χ1v) is 7.60. The van der Waals surface area contributed by atoms with Gasteiger partial charge in [0.2, 0.25) is 0 Å². The second-order valence-corrected chi connectivity index (χ2v) is 5.34. The van der Waals surface area contributed by atoms with Gasteiger partial charge in [-0.25, -0.2) is 9.59 Å². The van der Waals surface area contributed by atoms with Crippen molar-refractivity contribution < 1.29 is 24.5 Å². The van der Waals surface area contributed by atoms with Crippen LogP contribution >= 0.6 is 0 Å². The van der Waals surface area contributed by atoms with Gasteiger partial charge in [0.05, 0.1) is 23.9 Å². The van der Waals surface area contributed by atoms with Gasteiger partial charge in [0.1, 0.15) is 11.4 Å². The van der Waals surface area contributed by atoms with Gasteiger partial charge >= 0.3 is 11.9 Å². The topological polar surface area (TPSA) is 109 Å². The zero-order valence-corrected chi connectivity index (χ0v) is 13.7. The zero-order valence-electron chi connectivity index (χ0n) is 13.7. The second kappa shape index (κ2) is 7.02. The molecule has 0 atom stereocenters. The molecule has 0 aromatic heterocycles. The molecule has 7 nitrogen and oxygen atoms in total. The van der Waals surface area contributed by atoms with Gasteiger partial charge in [0, 0.05) is 10.8 Å². The van der Waals surface area contributed by atoms with Crippen LogP contribution in [0.25, 0.3) is 10.8 Å². The molecule has 0 bridgehead atoms. The largest absolute Gasteiger partial charge is 0.496 e. The van der Waals surface area contributed by atoms with Crippen LogP contribution in [0.3, 0.4) is 0 Å². The highest BCUT2D eigenvalue weighted by Gasteiger charge is 2.18. The highest BCUT2D eigenvalue weighted by Crippen LogP contribution is 2.34. The lowest BCUT2D eigenvalue weighted by atomic mass is 10.1. The predicted octanol–water partition coefficient (Wildman–Crippen LogP) is 4.66. The van der Waals surface area contributed by atoms with Gasteiger partial charge < -0.3 is 14.9 Å². The van der Waals surface area contributed by atoms with Crippen molar-refractivity contribution in [1.82, 2.24) is 0 Å². The van der Waals surface area contributed by atoms with Crippen LogP contribution in [0.4, 0.5) is 11.4 Å². The number of rotatable bonds is 5. The van der Waals surface area contributed by atoms with Crippen molar-refractivity contribution in [2.24, 2.45) is 10.2 Å². The van der Waals surface area contributed by atoms with Gasteiger partial charge in [-0.2, -0.15) is 0 Å². The van der Waals surface area contributed by atoms with Crippen molar-refractivity contribution in [2.75, 3.05) is 7.11 Å². The summed E-state index contributed by atoms with van der Waals surface area (Å²) >= 11 is 0. The minimum atomic E-state index is -1.28. The summed E-state index contributed by atoms with van der Waals surface area (Å²) < 4.78 is 5.32. The number of aromatic carboxylic acids is 2. The standard InChI is InChI=1S/C19H14N2O5/c1-26-16-10-4-5-11-12(16)6-3-9-15(11)20-21-17-13(18(22)23)7-2-8-14(17)19(24)25/h2-10H,1H3,(H,22,23)(H,24,25). The van der Waals surface area contributed by atoms with Crippen LogP contribution < -0.4 is 4.74 Å². The van der Waals surface area contributed by atoms with Crippen LogP contribution in [-0.4, -0.2) is 29.3 Å². The number of hydrogen-bond acceptors (Lipinski definition) is 5. The summed E-state index contributed by atoms with van der Waals surface area (Å²) in [6.45, 7) is 0. The van der Waals surface area contributed by atoms with E-state index in [2.05, 4.69) is 10.2 Å². The maximum Gasteiger partial charge on any atom is 0.337 e. The zero-order chi connectivity index (χ0) is 18.7. The number of methoxy groups -OCH3 is 1. The molecule has 3 aromatic rings. The Bertz CT molecular complexity index is 1010. The highest BCUT2D eigenvalue weighted by atomic mass is 16.5. The fourth-order valence-corrected chi connectivity index (χ4v) is 2.63. The SMILES string of the molecule is COc1cccc2c(N=Nc3c(C(=O)O)cccc3C(=O)O)cccc12. The van der Waals surface area contributed by atoms with Gasteiger partial charge in [-0.15, -0.1) is 10.2 Å². The Balaban J connectivity index is 2.16. The number of nitrogens with zero attached hydrogens (tertiary/aromatic N) is 2. The van der Waals surface area contributed by atoms with E-state index in [0.717, 1.165) is 10.8 Å². The lowest BCUT2D eigenvalue weighted by Crippen LogP contribution is -2.03. The Kier molecular flexibility index (Phi) is 4.62. The lowest BCUT2D eigenvalue weighted by Gasteiger charge is -2.07. The summed E-state index contributed by atoms with van der Waals surface area (Å²) in [5.74, 6) is -1.89. The summed E-state index contributed by atoms with van der Waals surface area (Å²) in [5, 5.41) is 28.2. The fraction of sp³-hybridized carbons (Fsp3) is 0.0526. The van der Waals surface area contributed by atoms with E-state index in [9.17, 15) is 19.8 Å². The molecule has 0 radical (unpaired) electrons. The number of hydrogen-bond donors (Lipinski definition) is 2. The number of azo groups is 1. The molecule has 0 fully saturated rings. The molecule has 26 heavy (non-hydrogen) atoms. The van der Waals surface area contributed by atoms with Crippen LogP contribution in [0, 0.1) is 0 Å². The molecule has 2 N–H and O–H groups in total. The van der Waals surface area contributed by atoms with Gasteiger partial charge in [-0.3, -0.25) is 0 Å². The molecule has 0 aliphatic heterocycles. The average Bonchev–Trinajstić information content (AvgIpc) is 2.65. The quantitative estimate of drug-likeness (QED) is 0.651. The van der Waals surface area contributed by atoms with Crippen molar-refractivity contribution in [3.05, 3.63) is 65.7 Å². The number of fused-ring (bicyclic) bond motifs is 1. The second-order valence-electron chi connectivity index (χ2n) is 5.34.